The summed E-state index contributed by atoms with van der Waals surface area (Å²) in [5, 5.41) is 0. The van der Waals surface area contributed by atoms with Gasteiger partial charge in [-0.05, 0) is 6.92 Å². The van der Waals surface area contributed by atoms with Crippen molar-refractivity contribution in [3.8, 4) is 0 Å². The number of carbonyl (C=O) groups is 1. The molecule has 2 N–H and O–H groups in total. The lowest BCUT2D eigenvalue weighted by Gasteiger charge is -1.92. The monoisotopic (exact) mass is 181 g/mol. The van der Waals surface area contributed by atoms with Crippen LogP contribution in [0.1, 0.15) is 15.4 Å². The number of nitrogens with two attached hydrogens (primary N) is 1. The number of thiazole rings is 1. The second-order valence-corrected chi connectivity index (χ2v) is 3.71. The average Bonchev–Trinajstić information content (AvgIpc) is 2.44. The zero-order chi connectivity index (χ0) is 8.72. The molecule has 0 fully saturated rings. The Morgan fingerprint density at radius 2 is 2.50 bits per heavy atom. The SMILES string of the molecule is Cc1sc2cncn2c1C(N)=O. The molecule has 0 aromatic carbocycles. The molecule has 0 radical (unpaired) electrons. The molecule has 0 aliphatic carbocycles. The van der Waals surface area contributed by atoms with Crippen molar-refractivity contribution in [2.45, 2.75) is 6.92 Å². The van der Waals surface area contributed by atoms with Crippen LogP contribution in [-0.2, 0) is 0 Å². The minimum atomic E-state index is -0.406. The standard InChI is InChI=1S/C7H7N3OS/c1-4-6(7(8)11)10-3-9-2-5(10)12-4/h2-3H,1H3,(H2,8,11). The summed E-state index contributed by atoms with van der Waals surface area (Å²) < 4.78 is 1.71. The van der Waals surface area contributed by atoms with Crippen LogP contribution in [-0.4, -0.2) is 15.3 Å². The van der Waals surface area contributed by atoms with E-state index in [0.29, 0.717) is 5.69 Å². The van der Waals surface area contributed by atoms with Crippen LogP contribution in [0.4, 0.5) is 0 Å². The molecule has 2 heterocycles. The van der Waals surface area contributed by atoms with Gasteiger partial charge in [-0.1, -0.05) is 0 Å². The molecule has 0 aliphatic heterocycles. The number of rotatable bonds is 1. The predicted molar refractivity (Wildman–Crippen MR) is 46.3 cm³/mol. The van der Waals surface area contributed by atoms with E-state index in [9.17, 15) is 4.79 Å². The van der Waals surface area contributed by atoms with E-state index in [4.69, 9.17) is 5.73 Å². The van der Waals surface area contributed by atoms with E-state index in [-0.39, 0.29) is 0 Å². The maximum Gasteiger partial charge on any atom is 0.266 e. The van der Waals surface area contributed by atoms with Crippen molar-refractivity contribution in [3.63, 3.8) is 0 Å². The Balaban J connectivity index is 2.84. The van der Waals surface area contributed by atoms with Crippen LogP contribution in [0, 0.1) is 6.92 Å². The second-order valence-electron chi connectivity index (χ2n) is 2.47. The van der Waals surface area contributed by atoms with Gasteiger partial charge in [-0.2, -0.15) is 0 Å². The van der Waals surface area contributed by atoms with Crippen LogP contribution in [0.15, 0.2) is 12.5 Å². The van der Waals surface area contributed by atoms with Crippen molar-refractivity contribution in [1.82, 2.24) is 9.38 Å². The minimum Gasteiger partial charge on any atom is -0.364 e. The Hall–Kier alpha value is -1.36. The summed E-state index contributed by atoms with van der Waals surface area (Å²) in [4.78, 5) is 16.8. The first-order valence-electron chi connectivity index (χ1n) is 3.41. The van der Waals surface area contributed by atoms with Crippen molar-refractivity contribution in [2.75, 3.05) is 0 Å². The fraction of sp³-hybridized carbons (Fsp3) is 0.143. The summed E-state index contributed by atoms with van der Waals surface area (Å²) in [6, 6.07) is 0. The van der Waals surface area contributed by atoms with Gasteiger partial charge in [0.15, 0.2) is 0 Å². The molecule has 1 amide bonds. The van der Waals surface area contributed by atoms with E-state index in [1.165, 1.54) is 11.3 Å². The maximum absolute atomic E-state index is 11.0. The Kier molecular flexibility index (Phi) is 1.41. The van der Waals surface area contributed by atoms with E-state index in [1.807, 2.05) is 6.92 Å². The van der Waals surface area contributed by atoms with E-state index in [1.54, 1.807) is 16.9 Å². The molecule has 0 atom stereocenters. The number of aromatic nitrogens is 2. The molecular weight excluding hydrogens is 174 g/mol. The van der Waals surface area contributed by atoms with Gasteiger partial charge >= 0.3 is 0 Å². The van der Waals surface area contributed by atoms with Crippen molar-refractivity contribution >= 4 is 22.1 Å². The first kappa shape index (κ1) is 7.30. The first-order chi connectivity index (χ1) is 5.70. The molecule has 12 heavy (non-hydrogen) atoms. The predicted octanol–water partition coefficient (Wildman–Crippen LogP) is 0.803. The fourth-order valence-corrected chi connectivity index (χ4v) is 2.15. The van der Waals surface area contributed by atoms with Crippen LogP contribution >= 0.6 is 11.3 Å². The molecular formula is C7H7N3OS. The molecule has 5 heteroatoms. The van der Waals surface area contributed by atoms with Gasteiger partial charge in [-0.25, -0.2) is 4.98 Å². The summed E-state index contributed by atoms with van der Waals surface area (Å²) in [7, 11) is 0. The van der Waals surface area contributed by atoms with Crippen LogP contribution in [0.3, 0.4) is 0 Å². The molecule has 2 aromatic heterocycles. The van der Waals surface area contributed by atoms with Crippen LogP contribution in [0.25, 0.3) is 4.83 Å². The molecule has 0 spiro atoms. The topological polar surface area (TPSA) is 60.4 Å². The first-order valence-corrected chi connectivity index (χ1v) is 4.23. The molecule has 2 rings (SSSR count). The fourth-order valence-electron chi connectivity index (χ4n) is 1.19. The molecule has 0 bridgehead atoms. The third-order valence-electron chi connectivity index (χ3n) is 1.67. The normalized spacial score (nSPS) is 10.8. The largest absolute Gasteiger partial charge is 0.364 e. The Morgan fingerprint density at radius 3 is 3.17 bits per heavy atom. The Bertz CT molecular complexity index is 442. The third kappa shape index (κ3) is 0.831. The van der Waals surface area contributed by atoms with Gasteiger partial charge in [0.1, 0.15) is 16.9 Å². The van der Waals surface area contributed by atoms with Gasteiger partial charge in [-0.15, -0.1) is 11.3 Å². The van der Waals surface area contributed by atoms with E-state index in [0.717, 1.165) is 9.71 Å². The highest BCUT2D eigenvalue weighted by atomic mass is 32.1. The van der Waals surface area contributed by atoms with Crippen LogP contribution in [0.5, 0.6) is 0 Å². The Labute approximate surface area is 72.6 Å². The molecule has 0 aliphatic rings. The van der Waals surface area contributed by atoms with Crippen LogP contribution in [0.2, 0.25) is 0 Å². The number of carbonyl (C=O) groups excluding carboxylic acids is 1. The van der Waals surface area contributed by atoms with Gasteiger partial charge in [-0.3, -0.25) is 9.20 Å². The summed E-state index contributed by atoms with van der Waals surface area (Å²) in [5.41, 5.74) is 5.74. The van der Waals surface area contributed by atoms with Crippen LogP contribution < -0.4 is 5.73 Å². The highest BCUT2D eigenvalue weighted by Crippen LogP contribution is 2.21. The summed E-state index contributed by atoms with van der Waals surface area (Å²) in [5.74, 6) is -0.406. The van der Waals surface area contributed by atoms with Crippen molar-refractivity contribution in [3.05, 3.63) is 23.1 Å². The average molecular weight is 181 g/mol. The third-order valence-corrected chi connectivity index (χ3v) is 2.68. The molecule has 0 saturated heterocycles. The van der Waals surface area contributed by atoms with Gasteiger partial charge < -0.3 is 5.73 Å². The highest BCUT2D eigenvalue weighted by molar-refractivity contribution is 7.17. The van der Waals surface area contributed by atoms with Crippen molar-refractivity contribution in [1.29, 1.82) is 0 Å². The number of imidazole rings is 1. The van der Waals surface area contributed by atoms with Crippen molar-refractivity contribution < 1.29 is 4.79 Å². The van der Waals surface area contributed by atoms with E-state index >= 15 is 0 Å². The summed E-state index contributed by atoms with van der Waals surface area (Å²) >= 11 is 1.51. The quantitative estimate of drug-likeness (QED) is 0.707. The highest BCUT2D eigenvalue weighted by Gasteiger charge is 2.12. The number of primary amides is 1. The van der Waals surface area contributed by atoms with Gasteiger partial charge in [0.05, 0.1) is 6.20 Å². The number of hydrogen-bond acceptors (Lipinski definition) is 3. The number of fused-ring (bicyclic) bond motifs is 1. The Morgan fingerprint density at radius 1 is 1.75 bits per heavy atom. The molecule has 4 nitrogen and oxygen atoms in total. The zero-order valence-electron chi connectivity index (χ0n) is 6.44. The second kappa shape index (κ2) is 2.31. The lowest BCUT2D eigenvalue weighted by Crippen LogP contribution is -2.14. The number of aryl methyl sites for hydroxylation is 1. The van der Waals surface area contributed by atoms with Crippen molar-refractivity contribution in [2.24, 2.45) is 5.73 Å². The number of hydrogen-bond donors (Lipinski definition) is 1. The smallest absolute Gasteiger partial charge is 0.266 e. The van der Waals surface area contributed by atoms with Gasteiger partial charge in [0, 0.05) is 4.88 Å². The van der Waals surface area contributed by atoms with E-state index in [2.05, 4.69) is 4.98 Å². The summed E-state index contributed by atoms with van der Waals surface area (Å²) in [6.45, 7) is 1.87. The molecule has 62 valence electrons. The number of nitrogens with zero attached hydrogens (tertiary/aromatic N) is 2. The lowest BCUT2D eigenvalue weighted by molar-refractivity contribution is 0.0994. The molecule has 0 unspecified atom stereocenters. The zero-order valence-corrected chi connectivity index (χ0v) is 7.26. The molecule has 0 saturated carbocycles. The minimum absolute atomic E-state index is 0.406. The van der Waals surface area contributed by atoms with Gasteiger partial charge in [0.25, 0.3) is 5.91 Å². The van der Waals surface area contributed by atoms with Gasteiger partial charge in [0.2, 0.25) is 0 Å². The molecule has 2 aromatic rings. The van der Waals surface area contributed by atoms with E-state index < -0.39 is 5.91 Å². The lowest BCUT2D eigenvalue weighted by atomic mass is 10.4. The number of amides is 1. The maximum atomic E-state index is 11.0. The summed E-state index contributed by atoms with van der Waals surface area (Å²) in [6.07, 6.45) is 3.31.